The van der Waals surface area contributed by atoms with Crippen molar-refractivity contribution in [3.63, 3.8) is 0 Å². The first kappa shape index (κ1) is 7.33. The maximum Gasteiger partial charge on any atom is 0.161 e. The quantitative estimate of drug-likeness (QED) is 0.697. The van der Waals surface area contributed by atoms with Crippen LogP contribution < -0.4 is 0 Å². The number of aromatic nitrogens is 3. The van der Waals surface area contributed by atoms with Crippen molar-refractivity contribution in [2.45, 2.75) is 18.9 Å². The lowest BCUT2D eigenvalue weighted by Crippen LogP contribution is -1.92. The number of rotatable bonds is 1. The number of hydrogen-bond acceptors (Lipinski definition) is 2. The topological polar surface area (TPSA) is 30.7 Å². The minimum Gasteiger partial charge on any atom is -0.312 e. The SMILES string of the molecule is Clc1ccnc2c1ncn2C1CC1. The Bertz CT molecular complexity index is 459. The van der Waals surface area contributed by atoms with Crippen molar-refractivity contribution in [2.24, 2.45) is 0 Å². The predicted molar refractivity (Wildman–Crippen MR) is 50.8 cm³/mol. The number of halogens is 1. The Balaban J connectivity index is 2.32. The molecule has 1 aliphatic carbocycles. The van der Waals surface area contributed by atoms with Crippen LogP contribution in [0.4, 0.5) is 0 Å². The zero-order chi connectivity index (χ0) is 8.84. The molecule has 0 aromatic carbocycles. The fourth-order valence-corrected chi connectivity index (χ4v) is 1.71. The molecular formula is C9H8ClN3. The fourth-order valence-electron chi connectivity index (χ4n) is 1.52. The first-order valence-corrected chi connectivity index (χ1v) is 4.71. The maximum atomic E-state index is 5.98. The highest BCUT2D eigenvalue weighted by molar-refractivity contribution is 6.34. The van der Waals surface area contributed by atoms with Gasteiger partial charge in [0.05, 0.1) is 11.3 Å². The van der Waals surface area contributed by atoms with Gasteiger partial charge in [-0.05, 0) is 18.9 Å². The molecule has 0 atom stereocenters. The van der Waals surface area contributed by atoms with Crippen molar-refractivity contribution in [1.82, 2.24) is 14.5 Å². The summed E-state index contributed by atoms with van der Waals surface area (Å²) < 4.78 is 2.11. The van der Waals surface area contributed by atoms with Crippen LogP contribution in [0, 0.1) is 0 Å². The van der Waals surface area contributed by atoms with E-state index in [4.69, 9.17) is 11.6 Å². The van der Waals surface area contributed by atoms with E-state index < -0.39 is 0 Å². The van der Waals surface area contributed by atoms with Gasteiger partial charge in [-0.15, -0.1) is 0 Å². The first-order valence-electron chi connectivity index (χ1n) is 4.33. The second kappa shape index (κ2) is 2.45. The molecule has 2 heterocycles. The minimum absolute atomic E-state index is 0.607. The van der Waals surface area contributed by atoms with Gasteiger partial charge in [0.1, 0.15) is 5.52 Å². The van der Waals surface area contributed by atoms with Gasteiger partial charge < -0.3 is 4.57 Å². The van der Waals surface area contributed by atoms with Crippen molar-refractivity contribution in [3.05, 3.63) is 23.6 Å². The van der Waals surface area contributed by atoms with E-state index in [9.17, 15) is 0 Å². The monoisotopic (exact) mass is 193 g/mol. The number of pyridine rings is 1. The molecule has 0 saturated heterocycles. The van der Waals surface area contributed by atoms with Crippen LogP contribution in [0.2, 0.25) is 5.02 Å². The Kier molecular flexibility index (Phi) is 1.38. The lowest BCUT2D eigenvalue weighted by Gasteiger charge is -1.98. The van der Waals surface area contributed by atoms with Crippen LogP contribution in [0.25, 0.3) is 11.2 Å². The second-order valence-corrected chi connectivity index (χ2v) is 3.76. The smallest absolute Gasteiger partial charge is 0.161 e. The molecule has 1 saturated carbocycles. The number of imidazole rings is 1. The van der Waals surface area contributed by atoms with Crippen LogP contribution in [-0.2, 0) is 0 Å². The third-order valence-electron chi connectivity index (χ3n) is 2.35. The van der Waals surface area contributed by atoms with Gasteiger partial charge in [0.15, 0.2) is 5.65 Å². The van der Waals surface area contributed by atoms with Gasteiger partial charge in [-0.25, -0.2) is 9.97 Å². The summed E-state index contributed by atoms with van der Waals surface area (Å²) in [4.78, 5) is 8.53. The number of nitrogens with zero attached hydrogens (tertiary/aromatic N) is 3. The number of fused-ring (bicyclic) bond motifs is 1. The number of hydrogen-bond donors (Lipinski definition) is 0. The first-order chi connectivity index (χ1) is 6.36. The zero-order valence-corrected chi connectivity index (χ0v) is 7.70. The summed E-state index contributed by atoms with van der Waals surface area (Å²) in [7, 11) is 0. The molecule has 0 radical (unpaired) electrons. The van der Waals surface area contributed by atoms with E-state index in [1.165, 1.54) is 12.8 Å². The average molecular weight is 194 g/mol. The van der Waals surface area contributed by atoms with Crippen LogP contribution in [-0.4, -0.2) is 14.5 Å². The largest absolute Gasteiger partial charge is 0.312 e. The molecule has 2 aromatic heterocycles. The molecule has 0 amide bonds. The Morgan fingerprint density at radius 3 is 3.00 bits per heavy atom. The third-order valence-corrected chi connectivity index (χ3v) is 2.66. The Morgan fingerprint density at radius 1 is 1.38 bits per heavy atom. The van der Waals surface area contributed by atoms with E-state index in [1.807, 2.05) is 6.33 Å². The molecule has 3 rings (SSSR count). The minimum atomic E-state index is 0.607. The van der Waals surface area contributed by atoms with Crippen LogP contribution in [0.5, 0.6) is 0 Å². The molecule has 1 fully saturated rings. The summed E-state index contributed by atoms with van der Waals surface area (Å²) >= 11 is 5.98. The predicted octanol–water partition coefficient (Wildman–Crippen LogP) is 2.42. The fraction of sp³-hybridized carbons (Fsp3) is 0.333. The molecule has 0 unspecified atom stereocenters. The van der Waals surface area contributed by atoms with Crippen LogP contribution in [0.1, 0.15) is 18.9 Å². The van der Waals surface area contributed by atoms with Crippen LogP contribution >= 0.6 is 11.6 Å². The van der Waals surface area contributed by atoms with Crippen molar-refractivity contribution in [1.29, 1.82) is 0 Å². The van der Waals surface area contributed by atoms with Crippen molar-refractivity contribution < 1.29 is 0 Å². The van der Waals surface area contributed by atoms with Crippen molar-refractivity contribution in [3.8, 4) is 0 Å². The highest BCUT2D eigenvalue weighted by atomic mass is 35.5. The van der Waals surface area contributed by atoms with Crippen molar-refractivity contribution in [2.75, 3.05) is 0 Å². The molecule has 13 heavy (non-hydrogen) atoms. The second-order valence-electron chi connectivity index (χ2n) is 3.35. The van der Waals surface area contributed by atoms with Gasteiger partial charge >= 0.3 is 0 Å². The van der Waals surface area contributed by atoms with Crippen LogP contribution in [0.15, 0.2) is 18.6 Å². The summed E-state index contributed by atoms with van der Waals surface area (Å²) in [6, 6.07) is 2.38. The zero-order valence-electron chi connectivity index (χ0n) is 6.94. The van der Waals surface area contributed by atoms with E-state index in [1.54, 1.807) is 12.3 Å². The van der Waals surface area contributed by atoms with Gasteiger partial charge in [-0.1, -0.05) is 11.6 Å². The Labute approximate surface area is 80.4 Å². The molecular weight excluding hydrogens is 186 g/mol. The molecule has 3 nitrogen and oxygen atoms in total. The highest BCUT2D eigenvalue weighted by Crippen LogP contribution is 2.37. The standard InChI is InChI=1S/C9H8ClN3/c10-7-3-4-11-9-8(7)12-5-13(9)6-1-2-6/h3-6H,1-2H2. The average Bonchev–Trinajstić information content (AvgIpc) is 2.87. The molecule has 66 valence electrons. The summed E-state index contributed by atoms with van der Waals surface area (Å²) in [6.45, 7) is 0. The van der Waals surface area contributed by atoms with Gasteiger partial charge in [0, 0.05) is 12.2 Å². The van der Waals surface area contributed by atoms with Gasteiger partial charge in [-0.2, -0.15) is 0 Å². The van der Waals surface area contributed by atoms with E-state index in [0.717, 1.165) is 11.2 Å². The highest BCUT2D eigenvalue weighted by Gasteiger charge is 2.25. The molecule has 0 spiro atoms. The van der Waals surface area contributed by atoms with Gasteiger partial charge in [0.25, 0.3) is 0 Å². The molecule has 2 aromatic rings. The molecule has 0 bridgehead atoms. The third kappa shape index (κ3) is 1.04. The summed E-state index contributed by atoms with van der Waals surface area (Å²) in [5, 5.41) is 0.685. The van der Waals surface area contributed by atoms with E-state index in [0.29, 0.717) is 11.1 Å². The summed E-state index contributed by atoms with van der Waals surface area (Å²) in [5.41, 5.74) is 1.73. The van der Waals surface area contributed by atoms with Crippen molar-refractivity contribution >= 4 is 22.8 Å². The Morgan fingerprint density at radius 2 is 2.23 bits per heavy atom. The summed E-state index contributed by atoms with van der Waals surface area (Å²) in [5.74, 6) is 0. The normalized spacial score (nSPS) is 16.7. The van der Waals surface area contributed by atoms with Gasteiger partial charge in [-0.3, -0.25) is 0 Å². The van der Waals surface area contributed by atoms with E-state index in [-0.39, 0.29) is 0 Å². The Hall–Kier alpha value is -1.09. The lowest BCUT2D eigenvalue weighted by atomic mass is 10.4. The summed E-state index contributed by atoms with van der Waals surface area (Å²) in [6.07, 6.45) is 6.03. The molecule has 4 heteroatoms. The maximum absolute atomic E-state index is 5.98. The van der Waals surface area contributed by atoms with E-state index in [2.05, 4.69) is 14.5 Å². The molecule has 1 aliphatic rings. The molecule has 0 N–H and O–H groups in total. The molecule has 0 aliphatic heterocycles. The van der Waals surface area contributed by atoms with E-state index >= 15 is 0 Å². The van der Waals surface area contributed by atoms with Crippen LogP contribution in [0.3, 0.4) is 0 Å². The van der Waals surface area contributed by atoms with Gasteiger partial charge in [0.2, 0.25) is 0 Å². The lowest BCUT2D eigenvalue weighted by molar-refractivity contribution is 0.757.